The molecule has 0 spiro atoms. The van der Waals surface area contributed by atoms with Gasteiger partial charge in [0.15, 0.2) is 0 Å². The van der Waals surface area contributed by atoms with E-state index in [0.717, 1.165) is 0 Å². The monoisotopic (exact) mass is 261 g/mol. The van der Waals surface area contributed by atoms with E-state index in [4.69, 9.17) is 5.73 Å². The second kappa shape index (κ2) is 4.77. The molecular weight excluding hydrogens is 250 g/mol. The number of benzene rings is 1. The maximum atomic E-state index is 12.0. The number of nitro groups is 1. The highest BCUT2D eigenvalue weighted by molar-refractivity contribution is 6.08. The largest absolute Gasteiger partial charge is 0.393 e. The molecular formula is C11H11N5O3. The number of nitrogen functional groups attached to an aromatic ring is 1. The molecule has 0 saturated heterocycles. The molecule has 0 saturated carbocycles. The summed E-state index contributed by atoms with van der Waals surface area (Å²) >= 11 is 0. The fourth-order valence-electron chi connectivity index (χ4n) is 1.59. The lowest BCUT2D eigenvalue weighted by Gasteiger charge is -2.05. The highest BCUT2D eigenvalue weighted by Crippen LogP contribution is 2.25. The summed E-state index contributed by atoms with van der Waals surface area (Å²) in [6.45, 7) is 0. The van der Waals surface area contributed by atoms with Gasteiger partial charge in [0.25, 0.3) is 11.6 Å². The average Bonchev–Trinajstić information content (AvgIpc) is 2.74. The number of nitrogens with zero attached hydrogens (tertiary/aromatic N) is 3. The number of nitrogens with two attached hydrogens (primary N) is 1. The van der Waals surface area contributed by atoms with Gasteiger partial charge in [-0.3, -0.25) is 19.6 Å². The minimum Gasteiger partial charge on any atom is -0.393 e. The molecule has 98 valence electrons. The van der Waals surface area contributed by atoms with E-state index in [1.165, 1.54) is 29.1 Å². The van der Waals surface area contributed by atoms with Crippen molar-refractivity contribution in [3.63, 3.8) is 0 Å². The summed E-state index contributed by atoms with van der Waals surface area (Å²) in [7, 11) is 1.71. The number of hydrogen-bond donors (Lipinski definition) is 2. The minimum atomic E-state index is -0.629. The second-order valence-electron chi connectivity index (χ2n) is 3.85. The Kier molecular flexibility index (Phi) is 3.15. The number of aryl methyl sites for hydroxylation is 1. The molecule has 3 N–H and O–H groups in total. The molecule has 0 bridgehead atoms. The van der Waals surface area contributed by atoms with Crippen LogP contribution in [0, 0.1) is 10.1 Å². The summed E-state index contributed by atoms with van der Waals surface area (Å²) in [5.74, 6) is -0.519. The lowest BCUT2D eigenvalue weighted by Crippen LogP contribution is -2.14. The van der Waals surface area contributed by atoms with E-state index >= 15 is 0 Å². The van der Waals surface area contributed by atoms with Gasteiger partial charge in [-0.05, 0) is 6.07 Å². The molecule has 1 heterocycles. The first-order chi connectivity index (χ1) is 8.99. The van der Waals surface area contributed by atoms with Crippen LogP contribution in [0.25, 0.3) is 0 Å². The summed E-state index contributed by atoms with van der Waals surface area (Å²) in [5.41, 5.74) is 5.71. The van der Waals surface area contributed by atoms with Crippen molar-refractivity contribution in [1.82, 2.24) is 9.78 Å². The highest BCUT2D eigenvalue weighted by Gasteiger charge is 2.19. The van der Waals surface area contributed by atoms with Crippen LogP contribution in [0.4, 0.5) is 17.1 Å². The van der Waals surface area contributed by atoms with Crippen molar-refractivity contribution in [2.75, 3.05) is 11.1 Å². The van der Waals surface area contributed by atoms with Crippen molar-refractivity contribution in [3.05, 3.63) is 46.3 Å². The third kappa shape index (κ3) is 2.51. The number of rotatable bonds is 3. The molecule has 1 aromatic carbocycles. The molecule has 8 nitrogen and oxygen atoms in total. The molecule has 19 heavy (non-hydrogen) atoms. The maximum absolute atomic E-state index is 12.0. The summed E-state index contributed by atoms with van der Waals surface area (Å²) in [6, 6.07) is 4.08. The summed E-state index contributed by atoms with van der Waals surface area (Å²) in [5, 5.41) is 17.2. The Hall–Kier alpha value is -2.90. The fraction of sp³-hybridized carbons (Fsp3) is 0.0909. The van der Waals surface area contributed by atoms with Crippen LogP contribution in [0.2, 0.25) is 0 Å². The van der Waals surface area contributed by atoms with Crippen LogP contribution >= 0.6 is 0 Å². The van der Waals surface area contributed by atoms with E-state index in [-0.39, 0.29) is 16.9 Å². The third-order valence-electron chi connectivity index (χ3n) is 2.49. The van der Waals surface area contributed by atoms with Crippen LogP contribution in [0.1, 0.15) is 10.4 Å². The molecule has 1 aromatic heterocycles. The van der Waals surface area contributed by atoms with Gasteiger partial charge in [0.1, 0.15) is 5.69 Å². The first-order valence-electron chi connectivity index (χ1n) is 5.32. The third-order valence-corrected chi connectivity index (χ3v) is 2.49. The SMILES string of the molecule is Cn1cc(NC(=O)c2cccc([N+](=O)[O-])c2N)cn1. The topological polar surface area (TPSA) is 116 Å². The number of carbonyl (C=O) groups is 1. The number of nitro benzene ring substituents is 1. The lowest BCUT2D eigenvalue weighted by atomic mass is 10.1. The van der Waals surface area contributed by atoms with Crippen LogP contribution in [0.5, 0.6) is 0 Å². The van der Waals surface area contributed by atoms with E-state index in [0.29, 0.717) is 5.69 Å². The zero-order valence-electron chi connectivity index (χ0n) is 10.0. The Morgan fingerprint density at radius 3 is 2.84 bits per heavy atom. The van der Waals surface area contributed by atoms with E-state index in [1.807, 2.05) is 0 Å². The Balaban J connectivity index is 2.29. The Bertz CT molecular complexity index is 650. The summed E-state index contributed by atoms with van der Waals surface area (Å²) in [4.78, 5) is 22.1. The van der Waals surface area contributed by atoms with Gasteiger partial charge in [0.05, 0.1) is 22.4 Å². The van der Waals surface area contributed by atoms with Gasteiger partial charge in [0, 0.05) is 19.3 Å². The highest BCUT2D eigenvalue weighted by atomic mass is 16.6. The summed E-state index contributed by atoms with van der Waals surface area (Å²) in [6.07, 6.45) is 3.07. The second-order valence-corrected chi connectivity index (χ2v) is 3.85. The van der Waals surface area contributed by atoms with Crippen molar-refractivity contribution in [3.8, 4) is 0 Å². The number of aromatic nitrogens is 2. The number of anilines is 2. The Morgan fingerprint density at radius 2 is 2.26 bits per heavy atom. The molecule has 0 atom stereocenters. The van der Waals surface area contributed by atoms with Crippen molar-refractivity contribution >= 4 is 23.0 Å². The van der Waals surface area contributed by atoms with Gasteiger partial charge in [-0.25, -0.2) is 0 Å². The van der Waals surface area contributed by atoms with Gasteiger partial charge >= 0.3 is 0 Å². The van der Waals surface area contributed by atoms with E-state index in [9.17, 15) is 14.9 Å². The number of para-hydroxylation sites is 1. The van der Waals surface area contributed by atoms with Crippen LogP contribution in [0.15, 0.2) is 30.6 Å². The fourth-order valence-corrected chi connectivity index (χ4v) is 1.59. The van der Waals surface area contributed by atoms with Crippen molar-refractivity contribution in [2.24, 2.45) is 7.05 Å². The van der Waals surface area contributed by atoms with Crippen molar-refractivity contribution < 1.29 is 9.72 Å². The zero-order chi connectivity index (χ0) is 14.0. The normalized spacial score (nSPS) is 10.2. The average molecular weight is 261 g/mol. The van der Waals surface area contributed by atoms with Gasteiger partial charge < -0.3 is 11.1 Å². The molecule has 0 aliphatic carbocycles. The smallest absolute Gasteiger partial charge is 0.292 e. The van der Waals surface area contributed by atoms with E-state index < -0.39 is 10.8 Å². The van der Waals surface area contributed by atoms with Crippen molar-refractivity contribution in [2.45, 2.75) is 0 Å². The van der Waals surface area contributed by atoms with Gasteiger partial charge in [-0.15, -0.1) is 0 Å². The molecule has 1 amide bonds. The van der Waals surface area contributed by atoms with Crippen molar-refractivity contribution in [1.29, 1.82) is 0 Å². The number of carbonyl (C=O) groups excluding carboxylic acids is 1. The Morgan fingerprint density at radius 1 is 1.53 bits per heavy atom. The van der Waals surface area contributed by atoms with Crippen LogP contribution < -0.4 is 11.1 Å². The van der Waals surface area contributed by atoms with Gasteiger partial charge in [-0.1, -0.05) is 6.07 Å². The van der Waals surface area contributed by atoms with E-state index in [1.54, 1.807) is 13.2 Å². The molecule has 0 fully saturated rings. The minimum absolute atomic E-state index is 0.0538. The predicted molar refractivity (Wildman–Crippen MR) is 68.7 cm³/mol. The van der Waals surface area contributed by atoms with Crippen LogP contribution in [-0.2, 0) is 7.05 Å². The molecule has 2 aromatic rings. The number of amides is 1. The first kappa shape index (κ1) is 12.6. The Labute approximate surface area is 108 Å². The quantitative estimate of drug-likeness (QED) is 0.488. The maximum Gasteiger partial charge on any atom is 0.292 e. The summed E-state index contributed by atoms with van der Waals surface area (Å²) < 4.78 is 1.52. The standard InChI is InChI=1S/C11H11N5O3/c1-15-6-7(5-13-15)14-11(17)8-3-2-4-9(10(8)12)16(18)19/h2-6H,12H2,1H3,(H,14,17). The predicted octanol–water partition coefficient (Wildman–Crippen LogP) is 1.16. The lowest BCUT2D eigenvalue weighted by molar-refractivity contribution is -0.383. The van der Waals surface area contributed by atoms with Gasteiger partial charge in [-0.2, -0.15) is 5.10 Å². The zero-order valence-corrected chi connectivity index (χ0v) is 10.0. The molecule has 8 heteroatoms. The molecule has 0 radical (unpaired) electrons. The van der Waals surface area contributed by atoms with Crippen LogP contribution in [-0.4, -0.2) is 20.6 Å². The molecule has 0 aliphatic rings. The van der Waals surface area contributed by atoms with E-state index in [2.05, 4.69) is 10.4 Å². The molecule has 2 rings (SSSR count). The first-order valence-corrected chi connectivity index (χ1v) is 5.32. The van der Waals surface area contributed by atoms with Gasteiger partial charge in [0.2, 0.25) is 0 Å². The number of hydrogen-bond acceptors (Lipinski definition) is 5. The molecule has 0 aliphatic heterocycles. The number of nitrogens with one attached hydrogen (secondary N) is 1. The van der Waals surface area contributed by atoms with Crippen LogP contribution in [0.3, 0.4) is 0 Å². The molecule has 0 unspecified atom stereocenters.